The summed E-state index contributed by atoms with van der Waals surface area (Å²) in [7, 11) is 1.58. The number of hydrogen-bond acceptors (Lipinski definition) is 5. The number of carbonyl (C=O) groups excluding carboxylic acids is 1. The van der Waals surface area contributed by atoms with Crippen LogP contribution in [-0.4, -0.2) is 47.0 Å². The molecule has 1 amide bonds. The molecule has 24 heavy (non-hydrogen) atoms. The van der Waals surface area contributed by atoms with Gasteiger partial charge in [0.15, 0.2) is 0 Å². The largest absolute Gasteiger partial charge is 0.481 e. The third kappa shape index (κ3) is 2.65. The minimum absolute atomic E-state index is 0.0100. The molecule has 0 aromatic carbocycles. The summed E-state index contributed by atoms with van der Waals surface area (Å²) in [5.41, 5.74) is 1.07. The van der Waals surface area contributed by atoms with Crippen LogP contribution < -0.4 is 9.64 Å². The Balaban J connectivity index is 1.54. The average molecular weight is 328 g/mol. The fourth-order valence-electron chi connectivity index (χ4n) is 3.45. The normalized spacial score (nSPS) is 22.6. The quantitative estimate of drug-likeness (QED) is 0.846. The zero-order valence-electron chi connectivity index (χ0n) is 13.6. The summed E-state index contributed by atoms with van der Waals surface area (Å²) in [6.45, 7) is 1.94. The van der Waals surface area contributed by atoms with E-state index in [1.165, 1.54) is 0 Å². The standard InChI is InChI=1S/C17H20N4O3/c1-23-14-4-3-12-5-9-21(16(12)19-14)17(22)15-13(6-10-24-15)11-20-8-2-7-18-20/h2-4,7-8,13,15H,5-6,9-11H2,1H3/t13-,15-/m1/s1. The van der Waals surface area contributed by atoms with E-state index in [9.17, 15) is 4.79 Å². The van der Waals surface area contributed by atoms with Gasteiger partial charge in [0, 0.05) is 44.1 Å². The molecule has 7 nitrogen and oxygen atoms in total. The zero-order valence-corrected chi connectivity index (χ0v) is 13.6. The van der Waals surface area contributed by atoms with Crippen molar-refractivity contribution in [2.75, 3.05) is 25.2 Å². The molecule has 126 valence electrons. The zero-order chi connectivity index (χ0) is 16.5. The van der Waals surface area contributed by atoms with Gasteiger partial charge in [-0.25, -0.2) is 0 Å². The Labute approximate surface area is 140 Å². The van der Waals surface area contributed by atoms with Crippen molar-refractivity contribution in [1.82, 2.24) is 14.8 Å². The number of pyridine rings is 1. The molecule has 0 bridgehead atoms. The maximum Gasteiger partial charge on any atom is 0.257 e. The van der Waals surface area contributed by atoms with Crippen molar-refractivity contribution in [2.24, 2.45) is 5.92 Å². The number of amides is 1. The van der Waals surface area contributed by atoms with Gasteiger partial charge in [0.2, 0.25) is 5.88 Å². The van der Waals surface area contributed by atoms with Crippen LogP contribution in [0.25, 0.3) is 0 Å². The van der Waals surface area contributed by atoms with E-state index in [1.54, 1.807) is 18.2 Å². The van der Waals surface area contributed by atoms with Crippen molar-refractivity contribution >= 4 is 11.7 Å². The maximum atomic E-state index is 13.0. The highest BCUT2D eigenvalue weighted by atomic mass is 16.5. The first-order chi connectivity index (χ1) is 11.8. The molecule has 0 unspecified atom stereocenters. The monoisotopic (exact) mass is 328 g/mol. The third-order valence-electron chi connectivity index (χ3n) is 4.70. The summed E-state index contributed by atoms with van der Waals surface area (Å²) in [4.78, 5) is 19.2. The molecule has 0 saturated carbocycles. The molecule has 2 aliphatic rings. The van der Waals surface area contributed by atoms with E-state index in [0.29, 0.717) is 31.4 Å². The summed E-state index contributed by atoms with van der Waals surface area (Å²) in [6, 6.07) is 5.70. The van der Waals surface area contributed by atoms with Gasteiger partial charge in [-0.3, -0.25) is 14.4 Å². The Hall–Kier alpha value is -2.41. The molecule has 2 aromatic heterocycles. The summed E-state index contributed by atoms with van der Waals surface area (Å²) in [5, 5.41) is 4.24. The number of carbonyl (C=O) groups is 1. The fraction of sp³-hybridized carbons (Fsp3) is 0.471. The van der Waals surface area contributed by atoms with Gasteiger partial charge in [0.05, 0.1) is 7.11 Å². The molecule has 0 spiro atoms. The predicted molar refractivity (Wildman–Crippen MR) is 86.9 cm³/mol. The van der Waals surface area contributed by atoms with Gasteiger partial charge in [0.1, 0.15) is 11.9 Å². The highest BCUT2D eigenvalue weighted by Gasteiger charge is 2.39. The van der Waals surface area contributed by atoms with E-state index < -0.39 is 6.10 Å². The molecule has 0 aliphatic carbocycles. The molecule has 0 N–H and O–H groups in total. The summed E-state index contributed by atoms with van der Waals surface area (Å²) in [5.74, 6) is 1.35. The number of fused-ring (bicyclic) bond motifs is 1. The van der Waals surface area contributed by atoms with Crippen LogP contribution in [-0.2, 0) is 22.5 Å². The highest BCUT2D eigenvalue weighted by molar-refractivity contribution is 5.97. The smallest absolute Gasteiger partial charge is 0.257 e. The molecular weight excluding hydrogens is 308 g/mol. The first kappa shape index (κ1) is 15.1. The van der Waals surface area contributed by atoms with E-state index in [1.807, 2.05) is 29.1 Å². The van der Waals surface area contributed by atoms with E-state index in [0.717, 1.165) is 18.4 Å². The van der Waals surface area contributed by atoms with Crippen LogP contribution in [0.2, 0.25) is 0 Å². The van der Waals surface area contributed by atoms with Gasteiger partial charge in [-0.2, -0.15) is 10.1 Å². The van der Waals surface area contributed by atoms with E-state index in [4.69, 9.17) is 9.47 Å². The second-order valence-electron chi connectivity index (χ2n) is 6.14. The van der Waals surface area contributed by atoms with Gasteiger partial charge in [0.25, 0.3) is 5.91 Å². The number of hydrogen-bond donors (Lipinski definition) is 0. The first-order valence-electron chi connectivity index (χ1n) is 8.20. The van der Waals surface area contributed by atoms with Crippen LogP contribution in [0.5, 0.6) is 5.88 Å². The van der Waals surface area contributed by atoms with E-state index in [2.05, 4.69) is 10.1 Å². The Kier molecular flexibility index (Phi) is 3.93. The predicted octanol–water partition coefficient (Wildman–Crippen LogP) is 1.28. The second-order valence-corrected chi connectivity index (χ2v) is 6.14. The Morgan fingerprint density at radius 1 is 1.46 bits per heavy atom. The SMILES string of the molecule is COc1ccc2c(n1)N(C(=O)[C@@H]1OCC[C@@H]1Cn1cccn1)CC2. The second kappa shape index (κ2) is 6.24. The molecule has 7 heteroatoms. The molecule has 0 radical (unpaired) electrons. The molecule has 4 heterocycles. The first-order valence-corrected chi connectivity index (χ1v) is 8.20. The number of nitrogens with zero attached hydrogens (tertiary/aromatic N) is 4. The van der Waals surface area contributed by atoms with Crippen molar-refractivity contribution in [2.45, 2.75) is 25.5 Å². The Morgan fingerprint density at radius 3 is 3.17 bits per heavy atom. The topological polar surface area (TPSA) is 69.5 Å². The van der Waals surface area contributed by atoms with Crippen LogP contribution in [0, 0.1) is 5.92 Å². The van der Waals surface area contributed by atoms with Crippen LogP contribution in [0.3, 0.4) is 0 Å². The Bertz CT molecular complexity index is 731. The van der Waals surface area contributed by atoms with Crippen LogP contribution in [0.4, 0.5) is 5.82 Å². The third-order valence-corrected chi connectivity index (χ3v) is 4.70. The lowest BCUT2D eigenvalue weighted by atomic mass is 10.0. The number of ether oxygens (including phenoxy) is 2. The summed E-state index contributed by atoms with van der Waals surface area (Å²) < 4.78 is 12.8. The van der Waals surface area contributed by atoms with Gasteiger partial charge < -0.3 is 9.47 Å². The van der Waals surface area contributed by atoms with Crippen LogP contribution >= 0.6 is 0 Å². The lowest BCUT2D eigenvalue weighted by Crippen LogP contribution is -2.42. The summed E-state index contributed by atoms with van der Waals surface area (Å²) in [6.07, 6.45) is 4.90. The van der Waals surface area contributed by atoms with Gasteiger partial charge >= 0.3 is 0 Å². The summed E-state index contributed by atoms with van der Waals surface area (Å²) >= 11 is 0. The van der Waals surface area contributed by atoms with Crippen molar-refractivity contribution in [1.29, 1.82) is 0 Å². The number of rotatable bonds is 4. The lowest BCUT2D eigenvalue weighted by Gasteiger charge is -2.24. The minimum atomic E-state index is -0.437. The highest BCUT2D eigenvalue weighted by Crippen LogP contribution is 2.32. The molecular formula is C17H20N4O3. The van der Waals surface area contributed by atoms with Crippen LogP contribution in [0.15, 0.2) is 30.6 Å². The van der Waals surface area contributed by atoms with Crippen molar-refractivity contribution in [3.63, 3.8) is 0 Å². The van der Waals surface area contributed by atoms with Crippen molar-refractivity contribution in [3.05, 3.63) is 36.2 Å². The van der Waals surface area contributed by atoms with E-state index in [-0.39, 0.29) is 11.8 Å². The van der Waals surface area contributed by atoms with Crippen LogP contribution in [0.1, 0.15) is 12.0 Å². The number of anilines is 1. The van der Waals surface area contributed by atoms with Crippen molar-refractivity contribution in [3.8, 4) is 5.88 Å². The van der Waals surface area contributed by atoms with Gasteiger partial charge in [-0.1, -0.05) is 0 Å². The molecule has 1 fully saturated rings. The minimum Gasteiger partial charge on any atom is -0.481 e. The maximum absolute atomic E-state index is 13.0. The Morgan fingerprint density at radius 2 is 2.38 bits per heavy atom. The number of methoxy groups -OCH3 is 1. The number of aromatic nitrogens is 3. The molecule has 2 atom stereocenters. The van der Waals surface area contributed by atoms with Crippen molar-refractivity contribution < 1.29 is 14.3 Å². The molecule has 2 aromatic rings. The van der Waals surface area contributed by atoms with E-state index >= 15 is 0 Å². The molecule has 4 rings (SSSR count). The lowest BCUT2D eigenvalue weighted by molar-refractivity contribution is -0.129. The fourth-order valence-corrected chi connectivity index (χ4v) is 3.45. The van der Waals surface area contributed by atoms with Gasteiger partial charge in [-0.05, 0) is 30.5 Å². The van der Waals surface area contributed by atoms with Gasteiger partial charge in [-0.15, -0.1) is 0 Å². The molecule has 1 saturated heterocycles. The average Bonchev–Trinajstić information content (AvgIpc) is 3.34. The molecule has 2 aliphatic heterocycles.